The Hall–Kier alpha value is -2.93. The number of esters is 2. The Labute approximate surface area is 129 Å². The number of carbonyl (C=O) groups is 2. The van der Waals surface area contributed by atoms with E-state index < -0.39 is 16.9 Å². The fourth-order valence-corrected chi connectivity index (χ4v) is 1.65. The maximum atomic E-state index is 11.6. The minimum atomic E-state index is -1.32. The van der Waals surface area contributed by atoms with Crippen molar-refractivity contribution in [1.29, 1.82) is 0 Å². The summed E-state index contributed by atoms with van der Waals surface area (Å²) in [5, 5.41) is 10.8. The summed E-state index contributed by atoms with van der Waals surface area (Å²) < 4.78 is 9.50. The van der Waals surface area contributed by atoms with E-state index in [-0.39, 0.29) is 22.2 Å². The molecule has 0 heterocycles. The van der Waals surface area contributed by atoms with Crippen molar-refractivity contribution in [2.45, 2.75) is 0 Å². The van der Waals surface area contributed by atoms with Crippen molar-refractivity contribution >= 4 is 29.2 Å². The van der Waals surface area contributed by atoms with Crippen molar-refractivity contribution in [1.82, 2.24) is 0 Å². The van der Waals surface area contributed by atoms with Crippen LogP contribution in [0, 0.1) is 10.1 Å². The first-order valence-corrected chi connectivity index (χ1v) is 6.28. The van der Waals surface area contributed by atoms with Crippen molar-refractivity contribution in [2.24, 2.45) is 0 Å². The number of benzene rings is 2. The molecular weight excluding hydrogens is 314 g/mol. The van der Waals surface area contributed by atoms with Crippen LogP contribution in [0.5, 0.6) is 11.5 Å². The molecular formula is C14H8ClNO6. The number of non-ortho nitro benzene ring substituents is 1. The second kappa shape index (κ2) is 6.68. The summed E-state index contributed by atoms with van der Waals surface area (Å²) in [7, 11) is 0. The SMILES string of the molecule is O=C(Oc1cccc([N+](=O)[O-])c1)C(=O)Oc1ccccc1Cl. The number of ether oxygens (including phenoxy) is 2. The molecule has 2 rings (SSSR count). The number of nitrogens with zero attached hydrogens (tertiary/aromatic N) is 1. The Kier molecular flexibility index (Phi) is 4.70. The van der Waals surface area contributed by atoms with Crippen LogP contribution >= 0.6 is 11.6 Å². The van der Waals surface area contributed by atoms with E-state index in [0.717, 1.165) is 6.07 Å². The quantitative estimate of drug-likeness (QED) is 0.283. The predicted molar refractivity (Wildman–Crippen MR) is 75.8 cm³/mol. The fourth-order valence-electron chi connectivity index (χ4n) is 1.48. The fraction of sp³-hybridized carbons (Fsp3) is 0. The second-order valence-electron chi connectivity index (χ2n) is 3.96. The summed E-state index contributed by atoms with van der Waals surface area (Å²) in [4.78, 5) is 33.2. The van der Waals surface area contributed by atoms with E-state index in [1.807, 2.05) is 0 Å². The van der Waals surface area contributed by atoms with E-state index in [9.17, 15) is 19.7 Å². The average molecular weight is 322 g/mol. The summed E-state index contributed by atoms with van der Waals surface area (Å²) in [6.07, 6.45) is 0. The Bertz CT molecular complexity index is 746. The van der Waals surface area contributed by atoms with Crippen LogP contribution in [0.3, 0.4) is 0 Å². The first-order valence-electron chi connectivity index (χ1n) is 5.90. The summed E-state index contributed by atoms with van der Waals surface area (Å²) in [5.74, 6) is -2.75. The molecule has 0 aliphatic rings. The van der Waals surface area contributed by atoms with Gasteiger partial charge in [-0.2, -0.15) is 0 Å². The van der Waals surface area contributed by atoms with Gasteiger partial charge in [-0.05, 0) is 18.2 Å². The van der Waals surface area contributed by atoms with Gasteiger partial charge < -0.3 is 9.47 Å². The van der Waals surface area contributed by atoms with Gasteiger partial charge in [-0.3, -0.25) is 10.1 Å². The predicted octanol–water partition coefficient (Wildman–Crippen LogP) is 2.76. The lowest BCUT2D eigenvalue weighted by molar-refractivity contribution is -0.384. The molecule has 0 aromatic heterocycles. The molecule has 8 heteroatoms. The Balaban J connectivity index is 2.06. The summed E-state index contributed by atoms with van der Waals surface area (Å²) in [5.41, 5.74) is -0.273. The van der Waals surface area contributed by atoms with E-state index in [2.05, 4.69) is 0 Å². The minimum Gasteiger partial charge on any atom is -0.418 e. The highest BCUT2D eigenvalue weighted by Gasteiger charge is 2.21. The standard InChI is InChI=1S/C14H8ClNO6/c15-11-6-1-2-7-12(11)22-14(18)13(17)21-10-5-3-4-9(8-10)16(19)20/h1-8H. The molecule has 2 aromatic carbocycles. The lowest BCUT2D eigenvalue weighted by Gasteiger charge is -2.06. The van der Waals surface area contributed by atoms with Gasteiger partial charge in [0, 0.05) is 6.07 Å². The van der Waals surface area contributed by atoms with Crippen molar-refractivity contribution < 1.29 is 24.0 Å². The molecule has 0 radical (unpaired) electrons. The van der Waals surface area contributed by atoms with Crippen LogP contribution in [-0.2, 0) is 9.59 Å². The molecule has 0 atom stereocenters. The van der Waals surface area contributed by atoms with Gasteiger partial charge in [-0.1, -0.05) is 29.8 Å². The van der Waals surface area contributed by atoms with Gasteiger partial charge >= 0.3 is 11.9 Å². The van der Waals surface area contributed by atoms with Gasteiger partial charge in [0.2, 0.25) is 0 Å². The molecule has 0 N–H and O–H groups in total. The summed E-state index contributed by atoms with van der Waals surface area (Å²) in [6.45, 7) is 0. The first kappa shape index (κ1) is 15.5. The van der Waals surface area contributed by atoms with E-state index >= 15 is 0 Å². The van der Waals surface area contributed by atoms with E-state index in [4.69, 9.17) is 21.1 Å². The molecule has 2 aromatic rings. The van der Waals surface area contributed by atoms with Crippen molar-refractivity contribution in [2.75, 3.05) is 0 Å². The van der Waals surface area contributed by atoms with Gasteiger partial charge in [0.25, 0.3) is 5.69 Å². The molecule has 7 nitrogen and oxygen atoms in total. The van der Waals surface area contributed by atoms with Crippen LogP contribution in [-0.4, -0.2) is 16.9 Å². The van der Waals surface area contributed by atoms with Crippen molar-refractivity contribution in [3.05, 3.63) is 63.7 Å². The first-order chi connectivity index (χ1) is 10.5. The summed E-state index contributed by atoms with van der Waals surface area (Å²) in [6, 6.07) is 10.9. The molecule has 22 heavy (non-hydrogen) atoms. The third-order valence-corrected chi connectivity index (χ3v) is 2.76. The van der Waals surface area contributed by atoms with Crippen LogP contribution in [0.25, 0.3) is 0 Å². The van der Waals surface area contributed by atoms with Crippen LogP contribution in [0.15, 0.2) is 48.5 Å². The van der Waals surface area contributed by atoms with Gasteiger partial charge in [0.15, 0.2) is 0 Å². The molecule has 0 amide bonds. The molecule has 0 bridgehead atoms. The average Bonchev–Trinajstić information content (AvgIpc) is 2.49. The lowest BCUT2D eigenvalue weighted by atomic mass is 10.3. The minimum absolute atomic E-state index is 0.00478. The molecule has 0 spiro atoms. The number of halogens is 1. The third kappa shape index (κ3) is 3.80. The number of hydrogen-bond acceptors (Lipinski definition) is 6. The van der Waals surface area contributed by atoms with Crippen LogP contribution in [0.1, 0.15) is 0 Å². The molecule has 0 saturated carbocycles. The smallest absolute Gasteiger partial charge is 0.418 e. The zero-order chi connectivity index (χ0) is 16.1. The highest BCUT2D eigenvalue weighted by atomic mass is 35.5. The molecule has 0 unspecified atom stereocenters. The number of para-hydroxylation sites is 1. The second-order valence-corrected chi connectivity index (χ2v) is 4.37. The molecule has 112 valence electrons. The van der Waals surface area contributed by atoms with Crippen LogP contribution in [0.4, 0.5) is 5.69 Å². The zero-order valence-corrected chi connectivity index (χ0v) is 11.6. The monoisotopic (exact) mass is 321 g/mol. The van der Waals surface area contributed by atoms with E-state index in [1.165, 1.54) is 30.3 Å². The highest BCUT2D eigenvalue weighted by Crippen LogP contribution is 2.24. The lowest BCUT2D eigenvalue weighted by Crippen LogP contribution is -2.25. The van der Waals surface area contributed by atoms with Gasteiger partial charge in [0.05, 0.1) is 16.0 Å². The highest BCUT2D eigenvalue weighted by molar-refractivity contribution is 6.34. The van der Waals surface area contributed by atoms with Gasteiger partial charge in [0.1, 0.15) is 11.5 Å². The molecule has 0 fully saturated rings. The van der Waals surface area contributed by atoms with Gasteiger partial charge in [-0.15, -0.1) is 0 Å². The maximum Gasteiger partial charge on any atom is 0.423 e. The Morgan fingerprint density at radius 3 is 2.36 bits per heavy atom. The van der Waals surface area contributed by atoms with E-state index in [1.54, 1.807) is 12.1 Å². The maximum absolute atomic E-state index is 11.6. The number of hydrogen-bond donors (Lipinski definition) is 0. The largest absolute Gasteiger partial charge is 0.423 e. The normalized spacial score (nSPS) is 9.86. The van der Waals surface area contributed by atoms with Crippen molar-refractivity contribution in [3.63, 3.8) is 0 Å². The number of rotatable bonds is 3. The Morgan fingerprint density at radius 2 is 1.68 bits per heavy atom. The number of nitro benzene ring substituents is 1. The van der Waals surface area contributed by atoms with Crippen LogP contribution in [0.2, 0.25) is 5.02 Å². The molecule has 0 aliphatic heterocycles. The summed E-state index contributed by atoms with van der Waals surface area (Å²) >= 11 is 5.78. The van der Waals surface area contributed by atoms with Crippen LogP contribution < -0.4 is 9.47 Å². The number of carbonyl (C=O) groups excluding carboxylic acids is 2. The Morgan fingerprint density at radius 1 is 1.00 bits per heavy atom. The molecule has 0 aliphatic carbocycles. The van der Waals surface area contributed by atoms with Gasteiger partial charge in [-0.25, -0.2) is 9.59 Å². The topological polar surface area (TPSA) is 95.7 Å². The molecule has 0 saturated heterocycles. The third-order valence-electron chi connectivity index (χ3n) is 2.44. The van der Waals surface area contributed by atoms with E-state index in [0.29, 0.717) is 0 Å². The number of nitro groups is 1. The van der Waals surface area contributed by atoms with Crippen molar-refractivity contribution in [3.8, 4) is 11.5 Å². The zero-order valence-electron chi connectivity index (χ0n) is 10.9.